The monoisotopic (exact) mass is 747 g/mol. The van der Waals surface area contributed by atoms with Crippen molar-refractivity contribution < 1.29 is 45.8 Å². The fourth-order valence-electron chi connectivity index (χ4n) is 4.07. The van der Waals surface area contributed by atoms with E-state index in [2.05, 4.69) is 25.4 Å². The van der Waals surface area contributed by atoms with Crippen molar-refractivity contribution in [3.8, 4) is 0 Å². The van der Waals surface area contributed by atoms with E-state index in [-0.39, 0.29) is 57.5 Å². The summed E-state index contributed by atoms with van der Waals surface area (Å²) in [7, 11) is -8.00. The molecule has 0 aromatic heterocycles. The molecule has 0 heterocycles. The number of hydrogen-bond donors (Lipinski definition) is 6. The molecule has 0 saturated carbocycles. The highest BCUT2D eigenvalue weighted by molar-refractivity contribution is 7.93. The predicted molar refractivity (Wildman–Crippen MR) is 185 cm³/mol. The summed E-state index contributed by atoms with van der Waals surface area (Å²) in [4.78, 5) is 42.0. The van der Waals surface area contributed by atoms with Crippen molar-refractivity contribution in [1.29, 1.82) is 0 Å². The maximum Gasteiger partial charge on any atom is 0.306 e. The number of aliphatic hydroxyl groups is 1. The predicted octanol–water partition coefficient (Wildman–Crippen LogP) is 4.25. The quantitative estimate of drug-likeness (QED) is 0.0828. The van der Waals surface area contributed by atoms with Crippen LogP contribution in [-0.2, 0) is 29.6 Å². The zero-order chi connectivity index (χ0) is 37.9. The number of carbonyl (C=O) groups is 2. The Hall–Kier alpha value is -6.19. The van der Waals surface area contributed by atoms with E-state index in [4.69, 9.17) is 5.11 Å². The molecule has 6 N–H and O–H groups in total. The van der Waals surface area contributed by atoms with Crippen LogP contribution in [0.4, 0.5) is 44.2 Å². The Labute approximate surface area is 290 Å². The van der Waals surface area contributed by atoms with Crippen LogP contribution >= 0.6 is 0 Å². The van der Waals surface area contributed by atoms with Crippen molar-refractivity contribution in [1.82, 2.24) is 0 Å². The molecule has 0 aliphatic heterocycles. The fraction of sp³-hybridized carbons (Fsp3) is 0.133. The van der Waals surface area contributed by atoms with Gasteiger partial charge in [-0.1, -0.05) is 0 Å². The zero-order valence-electron chi connectivity index (χ0n) is 26.6. The molecule has 2 amide bonds. The Bertz CT molecular complexity index is 2150. The number of aliphatic hydroxyl groups excluding tert-OH is 1. The van der Waals surface area contributed by atoms with Gasteiger partial charge in [-0.05, 0) is 72.8 Å². The first-order valence-electron chi connectivity index (χ1n) is 14.3. The topological polar surface area (TPSA) is 269 Å². The molecule has 0 saturated heterocycles. The molecule has 51 heavy (non-hydrogen) atoms. The molecule has 18 nitrogen and oxygen atoms in total. The fourth-order valence-corrected chi connectivity index (χ4v) is 6.17. The standard InChI is InChI=1S/C16H18N4O6S.C14H12FN3O5S/c1-11(22)18-12-2-5-14(6-3-12)27(25,26)19-13-4-7-15(17-8-9-21)16(10-13)20(23)24;1-9(19)16-10-2-5-12(6-3-10)24(22,23)17-11-4-7-13(15)14(8-11)18(20)21/h2-7,10,17,19,21H,8-9H2,1H3,(H,18,22);2-8,17H,1H3,(H,16,19). The van der Waals surface area contributed by atoms with E-state index in [1.165, 1.54) is 74.5 Å². The second-order valence-electron chi connectivity index (χ2n) is 10.2. The molecule has 0 aliphatic carbocycles. The van der Waals surface area contributed by atoms with Crippen LogP contribution in [0.5, 0.6) is 0 Å². The van der Waals surface area contributed by atoms with E-state index in [0.29, 0.717) is 11.4 Å². The van der Waals surface area contributed by atoms with Crippen molar-refractivity contribution in [3.63, 3.8) is 0 Å². The molecular formula is C30H30FN7O11S2. The molecule has 4 aromatic rings. The molecule has 270 valence electrons. The number of carbonyl (C=O) groups excluding carboxylic acids is 2. The molecule has 21 heteroatoms. The summed E-state index contributed by atoms with van der Waals surface area (Å²) in [6.07, 6.45) is 0. The molecule has 4 rings (SSSR count). The summed E-state index contributed by atoms with van der Waals surface area (Å²) in [5.41, 5.74) is -0.274. The van der Waals surface area contributed by atoms with Crippen molar-refractivity contribution in [3.05, 3.63) is 111 Å². The van der Waals surface area contributed by atoms with Gasteiger partial charge in [0.1, 0.15) is 5.69 Å². The number of nitrogens with one attached hydrogen (secondary N) is 5. The van der Waals surface area contributed by atoms with Gasteiger partial charge in [0.15, 0.2) is 0 Å². The van der Waals surface area contributed by atoms with Gasteiger partial charge in [-0.3, -0.25) is 39.3 Å². The Morgan fingerprint density at radius 3 is 1.45 bits per heavy atom. The lowest BCUT2D eigenvalue weighted by molar-refractivity contribution is -0.387. The molecule has 0 aliphatic rings. The average Bonchev–Trinajstić information content (AvgIpc) is 3.05. The Morgan fingerprint density at radius 1 is 0.667 bits per heavy atom. The minimum atomic E-state index is -4.02. The molecule has 0 unspecified atom stereocenters. The third-order valence-electron chi connectivity index (χ3n) is 6.24. The Morgan fingerprint density at radius 2 is 1.06 bits per heavy atom. The number of rotatable bonds is 13. The van der Waals surface area contributed by atoms with Crippen LogP contribution < -0.4 is 25.4 Å². The normalized spacial score (nSPS) is 10.9. The SMILES string of the molecule is CC(=O)Nc1ccc(S(=O)(=O)Nc2ccc(F)c([N+](=O)[O-])c2)cc1.CC(=O)Nc1ccc(S(=O)(=O)Nc2ccc(NCCO)c([N+](=O)[O-])c2)cc1. The summed E-state index contributed by atoms with van der Waals surface area (Å²) in [6.45, 7) is 2.55. The first-order valence-corrected chi connectivity index (χ1v) is 17.3. The third-order valence-corrected chi connectivity index (χ3v) is 9.03. The van der Waals surface area contributed by atoms with Gasteiger partial charge in [-0.15, -0.1) is 0 Å². The van der Waals surface area contributed by atoms with Gasteiger partial charge >= 0.3 is 5.69 Å². The number of benzene rings is 4. The van der Waals surface area contributed by atoms with E-state index in [9.17, 15) is 51.0 Å². The lowest BCUT2D eigenvalue weighted by Crippen LogP contribution is -2.14. The number of hydrogen-bond acceptors (Lipinski definition) is 12. The summed E-state index contributed by atoms with van der Waals surface area (Å²) in [5.74, 6) is -1.66. The number of nitro benzene ring substituents is 2. The smallest absolute Gasteiger partial charge is 0.306 e. The molecule has 0 fully saturated rings. The van der Waals surface area contributed by atoms with Crippen LogP contribution in [0, 0.1) is 26.0 Å². The van der Waals surface area contributed by atoms with E-state index >= 15 is 0 Å². The van der Waals surface area contributed by atoms with Gasteiger partial charge in [-0.2, -0.15) is 4.39 Å². The summed E-state index contributed by atoms with van der Waals surface area (Å²) < 4.78 is 67.1. The van der Waals surface area contributed by atoms with Crippen LogP contribution in [0.2, 0.25) is 0 Å². The maximum atomic E-state index is 13.3. The van der Waals surface area contributed by atoms with E-state index < -0.39 is 41.4 Å². The van der Waals surface area contributed by atoms with Crippen LogP contribution in [0.15, 0.2) is 94.7 Å². The van der Waals surface area contributed by atoms with Crippen molar-refractivity contribution in [2.75, 3.05) is 38.5 Å². The largest absolute Gasteiger partial charge is 0.395 e. The third kappa shape index (κ3) is 11.4. The average molecular weight is 748 g/mol. The lowest BCUT2D eigenvalue weighted by Gasteiger charge is -2.11. The first-order chi connectivity index (χ1) is 23.9. The minimum absolute atomic E-state index is 0.0159. The molecule has 0 bridgehead atoms. The van der Waals surface area contributed by atoms with Crippen molar-refractivity contribution in [2.24, 2.45) is 0 Å². The highest BCUT2D eigenvalue weighted by Crippen LogP contribution is 2.29. The maximum absolute atomic E-state index is 13.3. The molecule has 4 aromatic carbocycles. The van der Waals surface area contributed by atoms with E-state index in [0.717, 1.165) is 24.3 Å². The molecule has 0 radical (unpaired) electrons. The van der Waals surface area contributed by atoms with Crippen LogP contribution in [0.3, 0.4) is 0 Å². The second kappa shape index (κ2) is 17.0. The highest BCUT2D eigenvalue weighted by Gasteiger charge is 2.20. The number of amides is 2. The number of sulfonamides is 2. The molecule has 0 atom stereocenters. The van der Waals surface area contributed by atoms with Gasteiger partial charge in [0.25, 0.3) is 25.7 Å². The second-order valence-corrected chi connectivity index (χ2v) is 13.5. The first kappa shape index (κ1) is 39.3. The van der Waals surface area contributed by atoms with Crippen molar-refractivity contribution >= 4 is 71.7 Å². The van der Waals surface area contributed by atoms with Gasteiger partial charge in [-0.25, -0.2) is 16.8 Å². The number of nitro groups is 2. The highest BCUT2D eigenvalue weighted by atomic mass is 32.2. The molecule has 0 spiro atoms. The van der Waals surface area contributed by atoms with Gasteiger partial charge in [0.05, 0.1) is 37.6 Å². The summed E-state index contributed by atoms with van der Waals surface area (Å²) in [6, 6.07) is 17.2. The van der Waals surface area contributed by atoms with Gasteiger partial charge in [0, 0.05) is 43.9 Å². The lowest BCUT2D eigenvalue weighted by atomic mass is 10.2. The van der Waals surface area contributed by atoms with Crippen molar-refractivity contribution in [2.45, 2.75) is 23.6 Å². The number of halogens is 1. The molecular weight excluding hydrogens is 717 g/mol. The van der Waals surface area contributed by atoms with Crippen LogP contribution in [0.25, 0.3) is 0 Å². The zero-order valence-corrected chi connectivity index (χ0v) is 28.2. The van der Waals surface area contributed by atoms with Crippen LogP contribution in [0.1, 0.15) is 13.8 Å². The summed E-state index contributed by atoms with van der Waals surface area (Å²) >= 11 is 0. The van der Waals surface area contributed by atoms with Gasteiger partial charge in [0.2, 0.25) is 17.6 Å². The number of anilines is 5. The van der Waals surface area contributed by atoms with Gasteiger partial charge < -0.3 is 21.1 Å². The number of nitrogens with zero attached hydrogens (tertiary/aromatic N) is 2. The Balaban J connectivity index is 0.000000277. The van der Waals surface area contributed by atoms with E-state index in [1.54, 1.807) is 0 Å². The van der Waals surface area contributed by atoms with Crippen LogP contribution in [-0.4, -0.2) is 56.8 Å². The summed E-state index contributed by atoms with van der Waals surface area (Å²) in [5, 5.41) is 38.4. The minimum Gasteiger partial charge on any atom is -0.395 e. The Kier molecular flexibility index (Phi) is 13.1. The van der Waals surface area contributed by atoms with E-state index in [1.807, 2.05) is 0 Å².